The van der Waals surface area contributed by atoms with E-state index in [0.29, 0.717) is 30.4 Å². The largest absolute Gasteiger partial charge is 0.488 e. The minimum absolute atomic E-state index is 0.000529. The molecular weight excluding hydrogens is 516 g/mol. The molecule has 3 heterocycles. The molecule has 0 saturated carbocycles. The summed E-state index contributed by atoms with van der Waals surface area (Å²) in [6.45, 7) is 4.31. The average molecular weight is 547 g/mol. The second-order valence-corrected chi connectivity index (χ2v) is 9.05. The molecule has 1 aliphatic heterocycles. The standard InChI is InChI=1S/C25H26N8O3.C2H4O2/c1-15-11-17(13-20(12-15)36-19-7-10-35-14-19)21(30-18-5-3-16(4-6-18)22(26)27)23-31-25(34)33(32-23)24-28-8-2-9-29-24;1-2(3)4/h2-6,8-9,11-13,19,21,30H,7,10,14H2,1H3,(H3,26,27)(H,31,32,34);1H3,(H,3,4)/t19-,21?;/m0./s1. The van der Waals surface area contributed by atoms with Crippen molar-refractivity contribution in [1.82, 2.24) is 24.7 Å². The number of nitrogen functional groups attached to an aromatic ring is 1. The summed E-state index contributed by atoms with van der Waals surface area (Å²) >= 11 is 0. The van der Waals surface area contributed by atoms with Crippen LogP contribution in [0.25, 0.3) is 5.95 Å². The van der Waals surface area contributed by atoms with Gasteiger partial charge in [0.05, 0.1) is 13.2 Å². The normalized spacial score (nSPS) is 15.0. The minimum atomic E-state index is -0.833. The Balaban J connectivity index is 0.000000867. The van der Waals surface area contributed by atoms with Gasteiger partial charge in [0.1, 0.15) is 23.7 Å². The monoisotopic (exact) mass is 546 g/mol. The third-order valence-corrected chi connectivity index (χ3v) is 5.75. The van der Waals surface area contributed by atoms with Crippen molar-refractivity contribution in [3.63, 3.8) is 0 Å². The van der Waals surface area contributed by atoms with E-state index in [0.717, 1.165) is 34.8 Å². The molecule has 1 aliphatic rings. The van der Waals surface area contributed by atoms with Gasteiger partial charge >= 0.3 is 5.69 Å². The van der Waals surface area contributed by atoms with Crippen LogP contribution in [-0.2, 0) is 9.53 Å². The smallest absolute Gasteiger partial charge is 0.350 e. The molecule has 6 N–H and O–H groups in total. The van der Waals surface area contributed by atoms with Gasteiger partial charge in [-0.3, -0.25) is 15.2 Å². The lowest BCUT2D eigenvalue weighted by Crippen LogP contribution is -2.18. The number of hydrogen-bond acceptors (Lipinski definition) is 9. The molecule has 5 rings (SSSR count). The molecule has 208 valence electrons. The Bertz CT molecular complexity index is 1510. The van der Waals surface area contributed by atoms with Gasteiger partial charge in [-0.05, 0) is 60.5 Å². The van der Waals surface area contributed by atoms with Crippen LogP contribution in [0, 0.1) is 12.3 Å². The van der Waals surface area contributed by atoms with Crippen molar-refractivity contribution < 1.29 is 19.4 Å². The fourth-order valence-corrected chi connectivity index (χ4v) is 4.04. The van der Waals surface area contributed by atoms with E-state index in [9.17, 15) is 4.79 Å². The Labute approximate surface area is 229 Å². The van der Waals surface area contributed by atoms with E-state index in [2.05, 4.69) is 25.4 Å². The first kappa shape index (κ1) is 28.0. The Morgan fingerprint density at radius 1 is 1.25 bits per heavy atom. The second kappa shape index (κ2) is 12.7. The summed E-state index contributed by atoms with van der Waals surface area (Å²) in [5, 5.41) is 23.0. The first-order chi connectivity index (χ1) is 19.2. The third-order valence-electron chi connectivity index (χ3n) is 5.75. The molecule has 1 unspecified atom stereocenters. The van der Waals surface area contributed by atoms with Crippen LogP contribution in [0.15, 0.2) is 65.7 Å². The number of aromatic nitrogens is 5. The van der Waals surface area contributed by atoms with Crippen LogP contribution in [0.2, 0.25) is 0 Å². The van der Waals surface area contributed by atoms with Gasteiger partial charge in [-0.2, -0.15) is 0 Å². The number of nitrogens with two attached hydrogens (primary N) is 1. The molecule has 40 heavy (non-hydrogen) atoms. The molecule has 0 spiro atoms. The van der Waals surface area contributed by atoms with Crippen molar-refractivity contribution >= 4 is 17.5 Å². The molecular formula is C27H30N8O5. The zero-order chi connectivity index (χ0) is 28.6. The van der Waals surface area contributed by atoms with E-state index in [4.69, 9.17) is 30.5 Å². The number of H-pyrrole nitrogens is 1. The summed E-state index contributed by atoms with van der Waals surface area (Å²) in [7, 11) is 0. The first-order valence-electron chi connectivity index (χ1n) is 12.4. The number of carboxylic acids is 1. The number of amidine groups is 1. The Hall–Kier alpha value is -5.04. The number of rotatable bonds is 8. The maximum atomic E-state index is 12.8. The van der Waals surface area contributed by atoms with Gasteiger partial charge < -0.3 is 25.6 Å². The Kier molecular flexibility index (Phi) is 8.86. The number of nitrogens with one attached hydrogen (secondary N) is 3. The highest BCUT2D eigenvalue weighted by atomic mass is 16.5. The van der Waals surface area contributed by atoms with Crippen molar-refractivity contribution in [1.29, 1.82) is 5.41 Å². The van der Waals surface area contributed by atoms with Gasteiger partial charge in [0, 0.05) is 37.0 Å². The zero-order valence-corrected chi connectivity index (χ0v) is 22.0. The van der Waals surface area contributed by atoms with Crippen LogP contribution in [0.4, 0.5) is 5.69 Å². The van der Waals surface area contributed by atoms with Crippen molar-refractivity contribution in [2.45, 2.75) is 32.4 Å². The number of ether oxygens (including phenoxy) is 2. The average Bonchev–Trinajstić information content (AvgIpc) is 3.57. The lowest BCUT2D eigenvalue weighted by molar-refractivity contribution is -0.134. The van der Waals surface area contributed by atoms with Crippen molar-refractivity contribution in [3.05, 3.63) is 93.9 Å². The van der Waals surface area contributed by atoms with Gasteiger partial charge in [0.15, 0.2) is 5.82 Å². The van der Waals surface area contributed by atoms with Crippen molar-refractivity contribution in [2.75, 3.05) is 18.5 Å². The molecule has 1 fully saturated rings. The second-order valence-electron chi connectivity index (χ2n) is 9.05. The van der Waals surface area contributed by atoms with E-state index in [1.807, 2.05) is 37.3 Å². The van der Waals surface area contributed by atoms with Crippen LogP contribution >= 0.6 is 0 Å². The highest BCUT2D eigenvalue weighted by Gasteiger charge is 2.23. The Morgan fingerprint density at radius 3 is 2.58 bits per heavy atom. The molecule has 4 aromatic rings. The summed E-state index contributed by atoms with van der Waals surface area (Å²) in [5.74, 6) is 0.417. The number of carboxylic acid groups (broad SMARTS) is 1. The number of aliphatic carboxylic acids is 1. The van der Waals surface area contributed by atoms with Gasteiger partial charge in [-0.25, -0.2) is 14.8 Å². The van der Waals surface area contributed by atoms with Crippen molar-refractivity contribution in [2.24, 2.45) is 5.73 Å². The highest BCUT2D eigenvalue weighted by Crippen LogP contribution is 2.29. The molecule has 1 saturated heterocycles. The topological polar surface area (TPSA) is 194 Å². The number of nitrogens with zero attached hydrogens (tertiary/aromatic N) is 4. The molecule has 0 radical (unpaired) electrons. The molecule has 13 heteroatoms. The molecule has 0 amide bonds. The number of aromatic amines is 1. The lowest BCUT2D eigenvalue weighted by Gasteiger charge is -2.21. The summed E-state index contributed by atoms with van der Waals surface area (Å²) in [5.41, 5.74) is 8.34. The Morgan fingerprint density at radius 2 is 1.95 bits per heavy atom. The SMILES string of the molecule is CC(=O)O.Cc1cc(O[C@H]2CCOC2)cc(C(Nc2ccc(C(=N)N)cc2)c2nn(-c3ncccn3)c(=O)[nH]2)c1. The molecule has 2 aromatic carbocycles. The molecule has 0 bridgehead atoms. The molecule has 13 nitrogen and oxygen atoms in total. The van der Waals surface area contributed by atoms with E-state index in [1.165, 1.54) is 0 Å². The zero-order valence-electron chi connectivity index (χ0n) is 22.0. The van der Waals surface area contributed by atoms with Gasteiger partial charge in [0.2, 0.25) is 0 Å². The predicted molar refractivity (Wildman–Crippen MR) is 147 cm³/mol. The number of aryl methyl sites for hydroxylation is 1. The lowest BCUT2D eigenvalue weighted by atomic mass is 10.0. The van der Waals surface area contributed by atoms with E-state index < -0.39 is 17.7 Å². The fourth-order valence-electron chi connectivity index (χ4n) is 4.04. The first-order valence-corrected chi connectivity index (χ1v) is 12.4. The van der Waals surface area contributed by atoms with Crippen molar-refractivity contribution in [3.8, 4) is 11.7 Å². The summed E-state index contributed by atoms with van der Waals surface area (Å²) in [4.78, 5) is 32.9. The maximum Gasteiger partial charge on any atom is 0.350 e. The number of carbonyl (C=O) groups is 1. The number of benzene rings is 2. The van der Waals surface area contributed by atoms with Gasteiger partial charge in [-0.1, -0.05) is 6.07 Å². The number of anilines is 1. The molecule has 2 aromatic heterocycles. The molecule has 0 aliphatic carbocycles. The predicted octanol–water partition coefficient (Wildman–Crippen LogP) is 2.40. The summed E-state index contributed by atoms with van der Waals surface area (Å²) < 4.78 is 12.7. The summed E-state index contributed by atoms with van der Waals surface area (Å²) in [6.07, 6.45) is 3.93. The van der Waals surface area contributed by atoms with Crippen LogP contribution in [0.3, 0.4) is 0 Å². The van der Waals surface area contributed by atoms with Gasteiger partial charge in [-0.15, -0.1) is 9.78 Å². The van der Waals surface area contributed by atoms with E-state index in [-0.39, 0.29) is 17.9 Å². The fraction of sp³-hybridized carbons (Fsp3) is 0.259. The van der Waals surface area contributed by atoms with Crippen LogP contribution in [-0.4, -0.2) is 61.0 Å². The number of hydrogen-bond donors (Lipinski definition) is 5. The van der Waals surface area contributed by atoms with E-state index in [1.54, 1.807) is 30.6 Å². The van der Waals surface area contributed by atoms with Crippen LogP contribution in [0.1, 0.15) is 41.9 Å². The maximum absolute atomic E-state index is 12.8. The van der Waals surface area contributed by atoms with Gasteiger partial charge in [0.25, 0.3) is 11.9 Å². The molecule has 2 atom stereocenters. The summed E-state index contributed by atoms with van der Waals surface area (Å²) in [6, 6.07) is 14.2. The highest BCUT2D eigenvalue weighted by molar-refractivity contribution is 5.95. The van der Waals surface area contributed by atoms with E-state index >= 15 is 0 Å². The quantitative estimate of drug-likeness (QED) is 0.162. The minimum Gasteiger partial charge on any atom is -0.488 e. The van der Waals surface area contributed by atoms with Crippen LogP contribution < -0.4 is 21.5 Å². The van der Waals surface area contributed by atoms with Crippen LogP contribution in [0.5, 0.6) is 5.75 Å². The third kappa shape index (κ3) is 7.29.